The molecule has 0 atom stereocenters. The highest BCUT2D eigenvalue weighted by molar-refractivity contribution is 6.30. The lowest BCUT2D eigenvalue weighted by Crippen LogP contribution is -2.33. The SMILES string of the molecule is O=C1C=C(NCCc2ccc(Cl)cc2)C(=O)N1Cc1ccccc1. The molecule has 0 radical (unpaired) electrons. The first-order chi connectivity index (χ1) is 11.6. The number of hydrogen-bond donors (Lipinski definition) is 1. The van der Waals surface area contributed by atoms with E-state index in [4.69, 9.17) is 11.6 Å². The molecule has 0 saturated carbocycles. The molecule has 2 aromatic rings. The summed E-state index contributed by atoms with van der Waals surface area (Å²) in [7, 11) is 0. The van der Waals surface area contributed by atoms with E-state index in [1.807, 2.05) is 54.6 Å². The van der Waals surface area contributed by atoms with E-state index in [0.717, 1.165) is 17.5 Å². The van der Waals surface area contributed by atoms with E-state index >= 15 is 0 Å². The first kappa shape index (κ1) is 16.3. The van der Waals surface area contributed by atoms with Crippen LogP contribution in [0.3, 0.4) is 0 Å². The molecular formula is C19H17ClN2O2. The summed E-state index contributed by atoms with van der Waals surface area (Å²) in [5.41, 5.74) is 2.39. The van der Waals surface area contributed by atoms with E-state index < -0.39 is 0 Å². The van der Waals surface area contributed by atoms with Crippen molar-refractivity contribution < 1.29 is 9.59 Å². The largest absolute Gasteiger partial charge is 0.380 e. The second-order valence-electron chi connectivity index (χ2n) is 5.58. The molecule has 0 unspecified atom stereocenters. The van der Waals surface area contributed by atoms with Crippen LogP contribution in [0.5, 0.6) is 0 Å². The predicted molar refractivity (Wildman–Crippen MR) is 93.2 cm³/mol. The quantitative estimate of drug-likeness (QED) is 0.823. The Kier molecular flexibility index (Phi) is 4.96. The van der Waals surface area contributed by atoms with Crippen molar-refractivity contribution in [3.8, 4) is 0 Å². The number of imide groups is 1. The summed E-state index contributed by atoms with van der Waals surface area (Å²) in [6, 6.07) is 17.0. The summed E-state index contributed by atoms with van der Waals surface area (Å²) < 4.78 is 0. The van der Waals surface area contributed by atoms with E-state index in [9.17, 15) is 9.59 Å². The van der Waals surface area contributed by atoms with Crippen LogP contribution >= 0.6 is 11.6 Å². The van der Waals surface area contributed by atoms with Crippen molar-refractivity contribution in [3.63, 3.8) is 0 Å². The minimum Gasteiger partial charge on any atom is -0.380 e. The number of rotatable bonds is 6. The van der Waals surface area contributed by atoms with Gasteiger partial charge in [-0.25, -0.2) is 0 Å². The Balaban J connectivity index is 1.55. The van der Waals surface area contributed by atoms with Gasteiger partial charge in [0.15, 0.2) is 0 Å². The van der Waals surface area contributed by atoms with Crippen molar-refractivity contribution in [3.05, 3.63) is 82.5 Å². The Hall–Kier alpha value is -2.59. The number of nitrogens with zero attached hydrogens (tertiary/aromatic N) is 1. The van der Waals surface area contributed by atoms with Gasteiger partial charge in [-0.2, -0.15) is 0 Å². The Bertz CT molecular complexity index is 770. The molecule has 1 aliphatic rings. The van der Waals surface area contributed by atoms with Crippen LogP contribution in [0.1, 0.15) is 11.1 Å². The molecule has 4 nitrogen and oxygen atoms in total. The maximum Gasteiger partial charge on any atom is 0.277 e. The van der Waals surface area contributed by atoms with Crippen LogP contribution in [0.4, 0.5) is 0 Å². The number of carbonyl (C=O) groups is 2. The van der Waals surface area contributed by atoms with Crippen molar-refractivity contribution in [1.82, 2.24) is 10.2 Å². The van der Waals surface area contributed by atoms with Gasteiger partial charge in [-0.15, -0.1) is 0 Å². The van der Waals surface area contributed by atoms with Gasteiger partial charge in [-0.3, -0.25) is 14.5 Å². The van der Waals surface area contributed by atoms with Gasteiger partial charge in [0.05, 0.1) is 6.54 Å². The zero-order chi connectivity index (χ0) is 16.9. The zero-order valence-electron chi connectivity index (χ0n) is 13.0. The summed E-state index contributed by atoms with van der Waals surface area (Å²) in [6.07, 6.45) is 2.11. The third-order valence-electron chi connectivity index (χ3n) is 3.84. The maximum absolute atomic E-state index is 12.4. The number of amides is 2. The number of hydrogen-bond acceptors (Lipinski definition) is 3. The first-order valence-electron chi connectivity index (χ1n) is 7.73. The second kappa shape index (κ2) is 7.32. The van der Waals surface area contributed by atoms with Crippen LogP contribution in [0.15, 0.2) is 66.4 Å². The molecule has 2 amide bonds. The third-order valence-corrected chi connectivity index (χ3v) is 4.09. The molecule has 0 aliphatic carbocycles. The molecular weight excluding hydrogens is 324 g/mol. The number of benzene rings is 2. The van der Waals surface area contributed by atoms with Gasteiger partial charge in [-0.1, -0.05) is 54.1 Å². The van der Waals surface area contributed by atoms with Crippen LogP contribution in [0, 0.1) is 0 Å². The maximum atomic E-state index is 12.4. The van der Waals surface area contributed by atoms with Gasteiger partial charge in [0.25, 0.3) is 11.8 Å². The van der Waals surface area contributed by atoms with Gasteiger partial charge in [0.2, 0.25) is 0 Å². The average molecular weight is 341 g/mol. The molecule has 5 heteroatoms. The second-order valence-corrected chi connectivity index (χ2v) is 6.01. The topological polar surface area (TPSA) is 49.4 Å². The van der Waals surface area contributed by atoms with E-state index in [1.165, 1.54) is 11.0 Å². The van der Waals surface area contributed by atoms with Gasteiger partial charge in [-0.05, 0) is 29.7 Å². The molecule has 1 N–H and O–H groups in total. The normalized spacial score (nSPS) is 14.0. The van der Waals surface area contributed by atoms with Gasteiger partial charge < -0.3 is 5.32 Å². The van der Waals surface area contributed by atoms with Crippen molar-refractivity contribution >= 4 is 23.4 Å². The Morgan fingerprint density at radius 2 is 1.62 bits per heavy atom. The summed E-state index contributed by atoms with van der Waals surface area (Å²) in [5, 5.41) is 3.75. The van der Waals surface area contributed by atoms with E-state index in [0.29, 0.717) is 17.3 Å². The fourth-order valence-electron chi connectivity index (χ4n) is 2.54. The molecule has 1 heterocycles. The van der Waals surface area contributed by atoms with Crippen molar-refractivity contribution in [1.29, 1.82) is 0 Å². The lowest BCUT2D eigenvalue weighted by molar-refractivity contribution is -0.138. The number of carbonyl (C=O) groups excluding carboxylic acids is 2. The minimum absolute atomic E-state index is 0.278. The van der Waals surface area contributed by atoms with Gasteiger partial charge >= 0.3 is 0 Å². The predicted octanol–water partition coefficient (Wildman–Crippen LogP) is 2.93. The molecule has 0 spiro atoms. The Morgan fingerprint density at radius 3 is 2.33 bits per heavy atom. The number of nitrogens with one attached hydrogen (secondary N) is 1. The highest BCUT2D eigenvalue weighted by Crippen LogP contribution is 2.15. The highest BCUT2D eigenvalue weighted by atomic mass is 35.5. The fourth-order valence-corrected chi connectivity index (χ4v) is 2.67. The van der Waals surface area contributed by atoms with Gasteiger partial charge in [0.1, 0.15) is 5.70 Å². The van der Waals surface area contributed by atoms with Crippen LogP contribution < -0.4 is 5.32 Å². The molecule has 0 fully saturated rings. The molecule has 2 aromatic carbocycles. The summed E-state index contributed by atoms with van der Waals surface area (Å²) in [5.74, 6) is -0.558. The van der Waals surface area contributed by atoms with Crippen molar-refractivity contribution in [2.45, 2.75) is 13.0 Å². The smallest absolute Gasteiger partial charge is 0.277 e. The highest BCUT2D eigenvalue weighted by Gasteiger charge is 2.30. The first-order valence-corrected chi connectivity index (χ1v) is 8.11. The standard InChI is InChI=1S/C19H17ClN2O2/c20-16-8-6-14(7-9-16)10-11-21-17-12-18(23)22(19(17)24)13-15-4-2-1-3-5-15/h1-9,12,21H,10-11,13H2. The fraction of sp³-hybridized carbons (Fsp3) is 0.158. The zero-order valence-corrected chi connectivity index (χ0v) is 13.8. The lowest BCUT2D eigenvalue weighted by Gasteiger charge is -2.15. The number of halogens is 1. The van der Waals surface area contributed by atoms with E-state index in [-0.39, 0.29) is 18.4 Å². The lowest BCUT2D eigenvalue weighted by atomic mass is 10.1. The van der Waals surface area contributed by atoms with Crippen LogP contribution in [-0.4, -0.2) is 23.3 Å². The molecule has 122 valence electrons. The third kappa shape index (κ3) is 3.84. The minimum atomic E-state index is -0.280. The Labute approximate surface area is 145 Å². The molecule has 0 saturated heterocycles. The molecule has 0 aromatic heterocycles. The van der Waals surface area contributed by atoms with E-state index in [1.54, 1.807) is 0 Å². The van der Waals surface area contributed by atoms with Crippen LogP contribution in [-0.2, 0) is 22.6 Å². The monoisotopic (exact) mass is 340 g/mol. The van der Waals surface area contributed by atoms with Gasteiger partial charge in [0, 0.05) is 17.6 Å². The summed E-state index contributed by atoms with van der Waals surface area (Å²) in [6.45, 7) is 0.864. The average Bonchev–Trinajstić information content (AvgIpc) is 2.85. The van der Waals surface area contributed by atoms with Crippen LogP contribution in [0.2, 0.25) is 5.02 Å². The Morgan fingerprint density at radius 1 is 0.917 bits per heavy atom. The summed E-state index contributed by atoms with van der Waals surface area (Å²) in [4.78, 5) is 25.7. The van der Waals surface area contributed by atoms with E-state index in [2.05, 4.69) is 5.32 Å². The molecule has 3 rings (SSSR count). The molecule has 1 aliphatic heterocycles. The van der Waals surface area contributed by atoms with Crippen molar-refractivity contribution in [2.75, 3.05) is 6.54 Å². The van der Waals surface area contributed by atoms with Crippen molar-refractivity contribution in [2.24, 2.45) is 0 Å². The van der Waals surface area contributed by atoms with Crippen LogP contribution in [0.25, 0.3) is 0 Å². The molecule has 0 bridgehead atoms. The molecule has 24 heavy (non-hydrogen) atoms. The summed E-state index contributed by atoms with van der Waals surface area (Å²) >= 11 is 5.85.